The number of benzene rings is 2. The number of thioether (sulfide) groups is 1. The molecule has 1 aliphatic heterocycles. The van der Waals surface area contributed by atoms with E-state index >= 15 is 0 Å². The van der Waals surface area contributed by atoms with E-state index in [1.165, 1.54) is 11.8 Å². The van der Waals surface area contributed by atoms with Crippen molar-refractivity contribution in [1.82, 2.24) is 0 Å². The van der Waals surface area contributed by atoms with Crippen LogP contribution in [0.25, 0.3) is 0 Å². The summed E-state index contributed by atoms with van der Waals surface area (Å²) in [5.41, 5.74) is 1.42. The van der Waals surface area contributed by atoms with Crippen LogP contribution in [0, 0.1) is 0 Å². The molecule has 2 aromatic carbocycles. The van der Waals surface area contributed by atoms with Crippen molar-refractivity contribution in [3.8, 4) is 0 Å². The quantitative estimate of drug-likeness (QED) is 0.741. The Balaban J connectivity index is 1.73. The van der Waals surface area contributed by atoms with Crippen molar-refractivity contribution in [2.45, 2.75) is 29.6 Å². The van der Waals surface area contributed by atoms with Crippen molar-refractivity contribution in [3.05, 3.63) is 65.7 Å². The highest BCUT2D eigenvalue weighted by atomic mass is 32.2. The highest BCUT2D eigenvalue weighted by Gasteiger charge is 2.29. The van der Waals surface area contributed by atoms with Crippen LogP contribution in [0.3, 0.4) is 0 Å². The molecular formula is C19H20O4S2. The normalized spacial score (nSPS) is 20.1. The number of esters is 1. The summed E-state index contributed by atoms with van der Waals surface area (Å²) in [4.78, 5) is 13.4. The number of rotatable bonds is 5. The minimum absolute atomic E-state index is 0.00880. The Kier molecular flexibility index (Phi) is 5.49. The van der Waals surface area contributed by atoms with Crippen LogP contribution in [0.15, 0.2) is 59.5 Å². The van der Waals surface area contributed by atoms with E-state index < -0.39 is 9.84 Å². The van der Waals surface area contributed by atoms with Crippen LogP contribution in [0.4, 0.5) is 0 Å². The molecule has 4 nitrogen and oxygen atoms in total. The first kappa shape index (κ1) is 18.0. The van der Waals surface area contributed by atoms with Crippen LogP contribution in [0.1, 0.15) is 35.4 Å². The largest absolute Gasteiger partial charge is 0.454 e. The number of carbonyl (C=O) groups is 1. The second kappa shape index (κ2) is 7.62. The molecule has 0 amide bonds. The molecule has 2 atom stereocenters. The third-order valence-electron chi connectivity index (χ3n) is 4.14. The van der Waals surface area contributed by atoms with E-state index in [0.29, 0.717) is 12.0 Å². The summed E-state index contributed by atoms with van der Waals surface area (Å²) >= 11 is 1.45. The smallest absolute Gasteiger partial charge is 0.339 e. The first-order chi connectivity index (χ1) is 11.9. The number of hydrogen-bond acceptors (Lipinski definition) is 5. The Hall–Kier alpha value is -1.79. The van der Waals surface area contributed by atoms with Gasteiger partial charge in [0.2, 0.25) is 0 Å². The summed E-state index contributed by atoms with van der Waals surface area (Å²) in [6.45, 7) is 1.84. The molecule has 1 saturated heterocycles. The monoisotopic (exact) mass is 376 g/mol. The fourth-order valence-electron chi connectivity index (χ4n) is 2.79. The first-order valence-corrected chi connectivity index (χ1v) is 10.9. The fourth-order valence-corrected chi connectivity index (χ4v) is 6.40. The van der Waals surface area contributed by atoms with E-state index in [4.69, 9.17) is 4.74 Å². The van der Waals surface area contributed by atoms with E-state index in [2.05, 4.69) is 0 Å². The minimum Gasteiger partial charge on any atom is -0.454 e. The summed E-state index contributed by atoms with van der Waals surface area (Å²) in [5, 5.41) is -0.00880. The van der Waals surface area contributed by atoms with Crippen LogP contribution >= 0.6 is 11.8 Å². The maximum absolute atomic E-state index is 12.6. The van der Waals surface area contributed by atoms with Crippen LogP contribution in [0.2, 0.25) is 0 Å². The third kappa shape index (κ3) is 4.64. The Morgan fingerprint density at radius 2 is 1.80 bits per heavy atom. The van der Waals surface area contributed by atoms with Gasteiger partial charge in [-0.05, 0) is 31.0 Å². The second-order valence-corrected chi connectivity index (χ2v) is 9.67. The molecule has 0 unspecified atom stereocenters. The predicted molar refractivity (Wildman–Crippen MR) is 99.6 cm³/mol. The van der Waals surface area contributed by atoms with Gasteiger partial charge in [-0.25, -0.2) is 13.2 Å². The minimum atomic E-state index is -2.94. The summed E-state index contributed by atoms with van der Waals surface area (Å²) in [5.74, 6) is 0.00404. The number of carbonyl (C=O) groups excluding carboxylic acids is 1. The topological polar surface area (TPSA) is 60.4 Å². The zero-order chi connectivity index (χ0) is 17.9. The molecule has 0 radical (unpaired) electrons. The van der Waals surface area contributed by atoms with Crippen LogP contribution in [-0.2, 0) is 14.6 Å². The molecule has 1 fully saturated rings. The SMILES string of the molecule is C[C@H](OC(=O)c1ccccc1S[C@@H]1CCS(=O)(=O)C1)c1ccccc1. The summed E-state index contributed by atoms with van der Waals surface area (Å²) in [6, 6.07) is 16.8. The van der Waals surface area contributed by atoms with Gasteiger partial charge in [0.15, 0.2) is 9.84 Å². The fraction of sp³-hybridized carbons (Fsp3) is 0.316. The molecule has 132 valence electrons. The van der Waals surface area contributed by atoms with Gasteiger partial charge in [-0.1, -0.05) is 42.5 Å². The van der Waals surface area contributed by atoms with Crippen molar-refractivity contribution < 1.29 is 17.9 Å². The van der Waals surface area contributed by atoms with Gasteiger partial charge in [0, 0.05) is 10.1 Å². The summed E-state index contributed by atoms with van der Waals surface area (Å²) < 4.78 is 28.9. The van der Waals surface area contributed by atoms with Gasteiger partial charge in [-0.2, -0.15) is 0 Å². The first-order valence-electron chi connectivity index (χ1n) is 8.17. The highest BCUT2D eigenvalue weighted by Crippen LogP contribution is 2.33. The van der Waals surface area contributed by atoms with Gasteiger partial charge in [-0.15, -0.1) is 11.8 Å². The van der Waals surface area contributed by atoms with Gasteiger partial charge >= 0.3 is 5.97 Å². The standard InChI is InChI=1S/C19H20O4S2/c1-14(15-7-3-2-4-8-15)23-19(20)17-9-5-6-10-18(17)24-16-11-12-25(21,22)13-16/h2-10,14,16H,11-13H2,1H3/t14-,16+/m0/s1. The molecular weight excluding hydrogens is 356 g/mol. The molecule has 25 heavy (non-hydrogen) atoms. The average molecular weight is 376 g/mol. The van der Waals surface area contributed by atoms with Crippen LogP contribution in [-0.4, -0.2) is 31.1 Å². The second-order valence-electron chi connectivity index (χ2n) is 6.10. The van der Waals surface area contributed by atoms with E-state index in [-0.39, 0.29) is 28.8 Å². The molecule has 0 bridgehead atoms. The van der Waals surface area contributed by atoms with Crippen LogP contribution in [0.5, 0.6) is 0 Å². The molecule has 1 heterocycles. The van der Waals surface area contributed by atoms with E-state index in [9.17, 15) is 13.2 Å². The Bertz CT molecular complexity index is 847. The number of sulfone groups is 1. The lowest BCUT2D eigenvalue weighted by molar-refractivity contribution is 0.0333. The summed E-state index contributed by atoms with van der Waals surface area (Å²) in [6.07, 6.45) is 0.273. The zero-order valence-corrected chi connectivity index (χ0v) is 15.6. The van der Waals surface area contributed by atoms with Gasteiger partial charge in [-0.3, -0.25) is 0 Å². The molecule has 1 aliphatic rings. The Labute approximate surface area is 152 Å². The molecule has 0 spiro atoms. The lowest BCUT2D eigenvalue weighted by Crippen LogP contribution is -2.12. The lowest BCUT2D eigenvalue weighted by atomic mass is 10.1. The number of ether oxygens (including phenoxy) is 1. The number of hydrogen-bond donors (Lipinski definition) is 0. The van der Waals surface area contributed by atoms with Gasteiger partial charge in [0.25, 0.3) is 0 Å². The molecule has 0 N–H and O–H groups in total. The maximum atomic E-state index is 12.6. The lowest BCUT2D eigenvalue weighted by Gasteiger charge is -2.16. The Morgan fingerprint density at radius 3 is 2.48 bits per heavy atom. The zero-order valence-electron chi connectivity index (χ0n) is 13.9. The van der Waals surface area contributed by atoms with Crippen molar-refractivity contribution in [1.29, 1.82) is 0 Å². The molecule has 0 aromatic heterocycles. The highest BCUT2D eigenvalue weighted by molar-refractivity contribution is 8.02. The molecule has 3 rings (SSSR count). The van der Waals surface area contributed by atoms with Crippen LogP contribution < -0.4 is 0 Å². The van der Waals surface area contributed by atoms with Gasteiger partial charge < -0.3 is 4.74 Å². The van der Waals surface area contributed by atoms with Gasteiger partial charge in [0.05, 0.1) is 17.1 Å². The van der Waals surface area contributed by atoms with Gasteiger partial charge in [0.1, 0.15) is 6.10 Å². The van der Waals surface area contributed by atoms with Crippen molar-refractivity contribution >= 4 is 27.6 Å². The van der Waals surface area contributed by atoms with Crippen molar-refractivity contribution in [2.24, 2.45) is 0 Å². The van der Waals surface area contributed by atoms with E-state index in [1.807, 2.05) is 49.4 Å². The molecule has 0 aliphatic carbocycles. The molecule has 6 heteroatoms. The molecule has 2 aromatic rings. The maximum Gasteiger partial charge on any atom is 0.339 e. The van der Waals surface area contributed by atoms with Crippen molar-refractivity contribution in [3.63, 3.8) is 0 Å². The Morgan fingerprint density at radius 1 is 1.12 bits per heavy atom. The summed E-state index contributed by atoms with van der Waals surface area (Å²) in [7, 11) is -2.94. The predicted octanol–water partition coefficient (Wildman–Crippen LogP) is 3.88. The van der Waals surface area contributed by atoms with E-state index in [1.54, 1.807) is 12.1 Å². The average Bonchev–Trinajstić information content (AvgIpc) is 2.94. The molecule has 0 saturated carbocycles. The third-order valence-corrected chi connectivity index (χ3v) is 7.47. The van der Waals surface area contributed by atoms with E-state index in [0.717, 1.165) is 10.5 Å². The van der Waals surface area contributed by atoms with Crippen molar-refractivity contribution in [2.75, 3.05) is 11.5 Å².